The summed E-state index contributed by atoms with van der Waals surface area (Å²) in [4.78, 5) is 11.2. The number of ether oxygens (including phenoxy) is 3. The molecule has 0 atom stereocenters. The summed E-state index contributed by atoms with van der Waals surface area (Å²) in [5, 5.41) is 0. The Labute approximate surface area is 121 Å². The van der Waals surface area contributed by atoms with E-state index < -0.39 is 0 Å². The van der Waals surface area contributed by atoms with Gasteiger partial charge in [-0.2, -0.15) is 0 Å². The van der Waals surface area contributed by atoms with E-state index in [-0.39, 0.29) is 5.97 Å². The number of hydrogen-bond donors (Lipinski definition) is 0. The Morgan fingerprint density at radius 2 is 1.95 bits per heavy atom. The summed E-state index contributed by atoms with van der Waals surface area (Å²) in [7, 11) is 1.40. The van der Waals surface area contributed by atoms with Crippen molar-refractivity contribution in [3.05, 3.63) is 23.8 Å². The lowest BCUT2D eigenvalue weighted by Gasteiger charge is -2.13. The van der Waals surface area contributed by atoms with Crippen LogP contribution in [0.4, 0.5) is 0 Å². The van der Waals surface area contributed by atoms with Crippen molar-refractivity contribution in [1.29, 1.82) is 0 Å². The van der Waals surface area contributed by atoms with Crippen LogP contribution in [0.15, 0.2) is 18.2 Å². The Balaban J connectivity index is 2.69. The molecule has 0 aliphatic rings. The molecule has 0 aliphatic heterocycles. The van der Waals surface area contributed by atoms with Gasteiger partial charge in [-0.25, -0.2) is 0 Å². The molecule has 0 aliphatic carbocycles. The largest absolute Gasteiger partial charge is 0.490 e. The monoisotopic (exact) mass is 280 g/mol. The van der Waals surface area contributed by atoms with Gasteiger partial charge in [0, 0.05) is 6.42 Å². The molecule has 0 bridgehead atoms. The molecular formula is C16H24O4. The highest BCUT2D eigenvalue weighted by molar-refractivity contribution is 5.69. The van der Waals surface area contributed by atoms with Crippen LogP contribution in [0.3, 0.4) is 0 Å². The van der Waals surface area contributed by atoms with Crippen molar-refractivity contribution in [2.24, 2.45) is 0 Å². The molecule has 112 valence electrons. The van der Waals surface area contributed by atoms with Gasteiger partial charge in [0.25, 0.3) is 0 Å². The van der Waals surface area contributed by atoms with Crippen molar-refractivity contribution >= 4 is 5.97 Å². The molecule has 0 unspecified atom stereocenters. The Kier molecular flexibility index (Phi) is 7.55. The Morgan fingerprint density at radius 3 is 2.60 bits per heavy atom. The Hall–Kier alpha value is -1.71. The van der Waals surface area contributed by atoms with Crippen LogP contribution in [-0.4, -0.2) is 26.3 Å². The zero-order valence-electron chi connectivity index (χ0n) is 12.6. The normalized spacial score (nSPS) is 10.2. The molecule has 20 heavy (non-hydrogen) atoms. The third-order valence-electron chi connectivity index (χ3n) is 2.91. The SMILES string of the molecule is CCCCOc1ccc(CCC(=O)OC)cc1OCC. The fraction of sp³-hybridized carbons (Fsp3) is 0.562. The van der Waals surface area contributed by atoms with Gasteiger partial charge in [0.1, 0.15) is 0 Å². The van der Waals surface area contributed by atoms with Gasteiger partial charge < -0.3 is 14.2 Å². The predicted octanol–water partition coefficient (Wildman–Crippen LogP) is 3.37. The molecular weight excluding hydrogens is 256 g/mol. The molecule has 1 aromatic rings. The number of esters is 1. The van der Waals surface area contributed by atoms with E-state index >= 15 is 0 Å². The second kappa shape index (κ2) is 9.23. The fourth-order valence-corrected chi connectivity index (χ4v) is 1.77. The maximum Gasteiger partial charge on any atom is 0.305 e. The van der Waals surface area contributed by atoms with Crippen LogP contribution in [0.1, 0.15) is 38.7 Å². The van der Waals surface area contributed by atoms with E-state index in [9.17, 15) is 4.79 Å². The summed E-state index contributed by atoms with van der Waals surface area (Å²) in [5.41, 5.74) is 1.04. The maximum absolute atomic E-state index is 11.2. The minimum Gasteiger partial charge on any atom is -0.490 e. The van der Waals surface area contributed by atoms with Crippen LogP contribution in [0.2, 0.25) is 0 Å². The average molecular weight is 280 g/mol. The molecule has 0 amide bonds. The van der Waals surface area contributed by atoms with Crippen molar-refractivity contribution in [3.63, 3.8) is 0 Å². The molecule has 4 nitrogen and oxygen atoms in total. The number of aryl methyl sites for hydroxylation is 1. The predicted molar refractivity (Wildman–Crippen MR) is 78.4 cm³/mol. The minimum atomic E-state index is -0.203. The lowest BCUT2D eigenvalue weighted by Crippen LogP contribution is -2.04. The Bertz CT molecular complexity index is 415. The van der Waals surface area contributed by atoms with Gasteiger partial charge >= 0.3 is 5.97 Å². The molecule has 0 aromatic heterocycles. The van der Waals surface area contributed by atoms with Gasteiger partial charge in [-0.3, -0.25) is 4.79 Å². The quantitative estimate of drug-likeness (QED) is 0.514. The van der Waals surface area contributed by atoms with E-state index in [1.165, 1.54) is 7.11 Å². The van der Waals surface area contributed by atoms with Crippen molar-refractivity contribution in [2.45, 2.75) is 39.5 Å². The van der Waals surface area contributed by atoms with Crippen molar-refractivity contribution in [1.82, 2.24) is 0 Å². The Morgan fingerprint density at radius 1 is 1.15 bits per heavy atom. The van der Waals surface area contributed by atoms with Gasteiger partial charge in [-0.15, -0.1) is 0 Å². The summed E-state index contributed by atoms with van der Waals surface area (Å²) < 4.78 is 16.0. The summed E-state index contributed by atoms with van der Waals surface area (Å²) >= 11 is 0. The van der Waals surface area contributed by atoms with Crippen LogP contribution < -0.4 is 9.47 Å². The highest BCUT2D eigenvalue weighted by Crippen LogP contribution is 2.29. The summed E-state index contributed by atoms with van der Waals surface area (Å²) in [5.74, 6) is 1.30. The second-order valence-corrected chi connectivity index (χ2v) is 4.49. The van der Waals surface area contributed by atoms with Crippen molar-refractivity contribution in [3.8, 4) is 11.5 Å². The number of hydrogen-bond acceptors (Lipinski definition) is 4. The van der Waals surface area contributed by atoms with E-state index in [0.29, 0.717) is 26.1 Å². The van der Waals surface area contributed by atoms with Crippen LogP contribution in [-0.2, 0) is 16.0 Å². The lowest BCUT2D eigenvalue weighted by molar-refractivity contribution is -0.140. The van der Waals surface area contributed by atoms with Crippen LogP contribution in [0, 0.1) is 0 Å². The number of carbonyl (C=O) groups is 1. The van der Waals surface area contributed by atoms with E-state index in [1.54, 1.807) is 0 Å². The maximum atomic E-state index is 11.2. The number of carbonyl (C=O) groups excluding carboxylic acids is 1. The first kappa shape index (κ1) is 16.3. The molecule has 0 radical (unpaired) electrons. The first-order chi connectivity index (χ1) is 9.71. The molecule has 0 heterocycles. The highest BCUT2D eigenvalue weighted by atomic mass is 16.5. The lowest BCUT2D eigenvalue weighted by atomic mass is 10.1. The smallest absolute Gasteiger partial charge is 0.305 e. The number of rotatable bonds is 9. The van der Waals surface area contributed by atoms with Gasteiger partial charge in [-0.1, -0.05) is 19.4 Å². The number of methoxy groups -OCH3 is 1. The third kappa shape index (κ3) is 5.51. The first-order valence-corrected chi connectivity index (χ1v) is 7.16. The van der Waals surface area contributed by atoms with Gasteiger partial charge in [-0.05, 0) is 37.5 Å². The number of unbranched alkanes of at least 4 members (excludes halogenated alkanes) is 1. The van der Waals surface area contributed by atoms with Crippen molar-refractivity contribution in [2.75, 3.05) is 20.3 Å². The van der Waals surface area contributed by atoms with E-state index in [2.05, 4.69) is 11.7 Å². The van der Waals surface area contributed by atoms with Gasteiger partial charge in [0.05, 0.1) is 20.3 Å². The van der Waals surface area contributed by atoms with E-state index in [1.807, 2.05) is 25.1 Å². The third-order valence-corrected chi connectivity index (χ3v) is 2.91. The zero-order chi connectivity index (χ0) is 14.8. The van der Waals surface area contributed by atoms with E-state index in [4.69, 9.17) is 9.47 Å². The molecule has 0 spiro atoms. The van der Waals surface area contributed by atoms with Crippen LogP contribution in [0.5, 0.6) is 11.5 Å². The zero-order valence-corrected chi connectivity index (χ0v) is 12.6. The molecule has 1 rings (SSSR count). The molecule has 0 saturated carbocycles. The number of benzene rings is 1. The molecule has 1 aromatic carbocycles. The second-order valence-electron chi connectivity index (χ2n) is 4.49. The average Bonchev–Trinajstić information content (AvgIpc) is 2.47. The van der Waals surface area contributed by atoms with Crippen LogP contribution in [0.25, 0.3) is 0 Å². The summed E-state index contributed by atoms with van der Waals surface area (Å²) in [6.45, 7) is 5.35. The first-order valence-electron chi connectivity index (χ1n) is 7.16. The molecule has 4 heteroatoms. The van der Waals surface area contributed by atoms with Crippen molar-refractivity contribution < 1.29 is 19.0 Å². The standard InChI is InChI=1S/C16H24O4/c1-4-6-11-20-14-9-7-13(8-10-16(17)18-3)12-15(14)19-5-2/h7,9,12H,4-6,8,10-11H2,1-3H3. The fourth-order valence-electron chi connectivity index (χ4n) is 1.77. The topological polar surface area (TPSA) is 44.8 Å². The van der Waals surface area contributed by atoms with Gasteiger partial charge in [0.2, 0.25) is 0 Å². The summed E-state index contributed by atoms with van der Waals surface area (Å²) in [6.07, 6.45) is 3.14. The molecule has 0 fully saturated rings. The minimum absolute atomic E-state index is 0.203. The molecule has 0 N–H and O–H groups in total. The van der Waals surface area contributed by atoms with E-state index in [0.717, 1.165) is 29.9 Å². The summed E-state index contributed by atoms with van der Waals surface area (Å²) in [6, 6.07) is 5.81. The highest BCUT2D eigenvalue weighted by Gasteiger charge is 2.08. The van der Waals surface area contributed by atoms with Crippen LogP contribution >= 0.6 is 0 Å². The molecule has 0 saturated heterocycles. The van der Waals surface area contributed by atoms with Gasteiger partial charge in [0.15, 0.2) is 11.5 Å².